The molecule has 3 heterocycles. The molecule has 0 atom stereocenters. The van der Waals surface area contributed by atoms with Crippen LogP contribution in [0.5, 0.6) is 5.88 Å². The van der Waals surface area contributed by atoms with Crippen molar-refractivity contribution in [1.82, 2.24) is 30.3 Å². The summed E-state index contributed by atoms with van der Waals surface area (Å²) in [7, 11) is 1.44. The standard InChI is InChI=1S/C24H20BrCl2N7O3/c1-37-16-10-15(34(33-16)21-13(26)3-2-8-28-21)22(35)29-19-14(27)9-12-18(31-32-20(12)25)17(19)23(36)30-24(6-7-24)11-4-5-11/h2-3,8-11H,4-7H2,1H3,(H,29,35)(H,30,36)(H,31,32). The predicted molar refractivity (Wildman–Crippen MR) is 142 cm³/mol. The lowest BCUT2D eigenvalue weighted by atomic mass is 10.1. The van der Waals surface area contributed by atoms with E-state index in [9.17, 15) is 9.59 Å². The number of nitrogens with one attached hydrogen (secondary N) is 3. The molecular formula is C24H20BrCl2N7O3. The van der Waals surface area contributed by atoms with Gasteiger partial charge in [0.25, 0.3) is 11.8 Å². The van der Waals surface area contributed by atoms with E-state index in [0.717, 1.165) is 25.7 Å². The quantitative estimate of drug-likeness (QED) is 0.268. The number of hydrogen-bond acceptors (Lipinski definition) is 6. The van der Waals surface area contributed by atoms with Gasteiger partial charge in [-0.25, -0.2) is 9.67 Å². The summed E-state index contributed by atoms with van der Waals surface area (Å²) < 4.78 is 7.10. The van der Waals surface area contributed by atoms with Crippen molar-refractivity contribution in [3.05, 3.63) is 56.4 Å². The molecular weight excluding hydrogens is 585 g/mol. The molecule has 2 aliphatic carbocycles. The fraction of sp³-hybridized carbons (Fsp3) is 0.292. The molecule has 0 spiro atoms. The minimum absolute atomic E-state index is 0.0832. The molecule has 0 bridgehead atoms. The number of ether oxygens (including phenoxy) is 1. The number of H-pyrrole nitrogens is 1. The minimum Gasteiger partial charge on any atom is -0.480 e. The Hall–Kier alpha value is -3.15. The largest absolute Gasteiger partial charge is 0.480 e. The fourth-order valence-electron chi connectivity index (χ4n) is 4.62. The fourth-order valence-corrected chi connectivity index (χ4v) is 5.46. The highest BCUT2D eigenvalue weighted by molar-refractivity contribution is 9.10. The molecule has 2 saturated carbocycles. The Morgan fingerprint density at radius 3 is 2.68 bits per heavy atom. The molecule has 3 N–H and O–H groups in total. The number of halogens is 3. The van der Waals surface area contributed by atoms with Gasteiger partial charge >= 0.3 is 0 Å². The zero-order valence-corrected chi connectivity index (χ0v) is 22.5. The highest BCUT2D eigenvalue weighted by Crippen LogP contribution is 2.54. The second-order valence-corrected chi connectivity index (χ2v) is 10.8. The van der Waals surface area contributed by atoms with E-state index < -0.39 is 5.91 Å². The summed E-state index contributed by atoms with van der Waals surface area (Å²) in [5.74, 6) is -0.0213. The maximum atomic E-state index is 13.7. The highest BCUT2D eigenvalue weighted by atomic mass is 79.9. The Morgan fingerprint density at radius 1 is 1.22 bits per heavy atom. The Balaban J connectivity index is 1.42. The van der Waals surface area contributed by atoms with Gasteiger partial charge in [0, 0.05) is 23.2 Å². The van der Waals surface area contributed by atoms with E-state index in [1.165, 1.54) is 24.1 Å². The second-order valence-electron chi connectivity index (χ2n) is 9.17. The molecule has 4 aromatic rings. The molecule has 2 amide bonds. The van der Waals surface area contributed by atoms with Crippen molar-refractivity contribution in [3.8, 4) is 11.7 Å². The first kappa shape index (κ1) is 24.2. The van der Waals surface area contributed by atoms with E-state index in [0.29, 0.717) is 21.4 Å². The molecule has 2 fully saturated rings. The van der Waals surface area contributed by atoms with Crippen molar-refractivity contribution in [2.45, 2.75) is 31.2 Å². The van der Waals surface area contributed by atoms with Crippen LogP contribution in [0.15, 0.2) is 35.1 Å². The lowest BCUT2D eigenvalue weighted by molar-refractivity contribution is 0.0928. The second kappa shape index (κ2) is 9.00. The number of benzene rings is 1. The van der Waals surface area contributed by atoms with Crippen molar-refractivity contribution in [2.24, 2.45) is 5.92 Å². The van der Waals surface area contributed by atoms with E-state index in [2.05, 4.69) is 46.8 Å². The maximum absolute atomic E-state index is 13.7. The number of hydrogen-bond donors (Lipinski definition) is 3. The number of rotatable bonds is 7. The number of fused-ring (bicyclic) bond motifs is 1. The van der Waals surface area contributed by atoms with Gasteiger partial charge < -0.3 is 15.4 Å². The zero-order valence-electron chi connectivity index (χ0n) is 19.4. The summed E-state index contributed by atoms with van der Waals surface area (Å²) in [6.45, 7) is 0. The molecule has 2 aliphatic rings. The number of carbonyl (C=O) groups excluding carboxylic acids is 2. The molecule has 13 heteroatoms. The molecule has 1 aromatic carbocycles. The van der Waals surface area contributed by atoms with Crippen LogP contribution in [0.4, 0.5) is 5.69 Å². The minimum atomic E-state index is -0.592. The number of carbonyl (C=O) groups is 2. The van der Waals surface area contributed by atoms with Crippen LogP contribution in [0, 0.1) is 5.92 Å². The van der Waals surface area contributed by atoms with Gasteiger partial charge in [0.15, 0.2) is 5.82 Å². The van der Waals surface area contributed by atoms with Crippen LogP contribution in [-0.2, 0) is 0 Å². The van der Waals surface area contributed by atoms with Gasteiger partial charge in [-0.1, -0.05) is 23.2 Å². The summed E-state index contributed by atoms with van der Waals surface area (Å²) in [4.78, 5) is 31.5. The van der Waals surface area contributed by atoms with E-state index in [1.807, 2.05) is 0 Å². The lowest BCUT2D eigenvalue weighted by Gasteiger charge is -2.19. The third kappa shape index (κ3) is 4.24. The van der Waals surface area contributed by atoms with E-state index in [-0.39, 0.29) is 50.1 Å². The van der Waals surface area contributed by atoms with E-state index in [4.69, 9.17) is 27.9 Å². The summed E-state index contributed by atoms with van der Waals surface area (Å²) in [5.41, 5.74) is 0.594. The van der Waals surface area contributed by atoms with Gasteiger partial charge in [-0.15, -0.1) is 5.10 Å². The topological polar surface area (TPSA) is 127 Å². The average Bonchev–Trinajstić information content (AvgIpc) is 3.80. The molecule has 3 aromatic heterocycles. The first-order chi connectivity index (χ1) is 17.8. The first-order valence-corrected chi connectivity index (χ1v) is 13.1. The van der Waals surface area contributed by atoms with Crippen LogP contribution in [0.3, 0.4) is 0 Å². The van der Waals surface area contributed by atoms with Crippen LogP contribution in [0.25, 0.3) is 16.7 Å². The molecule has 6 rings (SSSR count). The summed E-state index contributed by atoms with van der Waals surface area (Å²) in [6, 6.07) is 6.39. The Bertz CT molecular complexity index is 1580. The van der Waals surface area contributed by atoms with Crippen LogP contribution in [0.2, 0.25) is 10.0 Å². The smallest absolute Gasteiger partial charge is 0.274 e. The number of methoxy groups -OCH3 is 1. The molecule has 0 aliphatic heterocycles. The number of anilines is 1. The van der Waals surface area contributed by atoms with Gasteiger partial charge in [-0.05, 0) is 65.7 Å². The SMILES string of the molecule is COc1cc(C(=O)Nc2c(Cl)cc3c(Br)[nH]nc3c2C(=O)NC2(C3CC3)CC2)n(-c2ncccc2Cl)n1. The van der Waals surface area contributed by atoms with Crippen molar-refractivity contribution >= 4 is 67.5 Å². The number of aromatic nitrogens is 5. The van der Waals surface area contributed by atoms with Gasteiger partial charge in [-0.2, -0.15) is 5.10 Å². The predicted octanol–water partition coefficient (Wildman–Crippen LogP) is 5.15. The molecule has 0 radical (unpaired) electrons. The van der Waals surface area contributed by atoms with Crippen molar-refractivity contribution in [3.63, 3.8) is 0 Å². The van der Waals surface area contributed by atoms with Crippen molar-refractivity contribution in [1.29, 1.82) is 0 Å². The number of aromatic amines is 1. The van der Waals surface area contributed by atoms with Crippen molar-refractivity contribution < 1.29 is 14.3 Å². The van der Waals surface area contributed by atoms with Crippen molar-refractivity contribution in [2.75, 3.05) is 12.4 Å². The van der Waals surface area contributed by atoms with Gasteiger partial charge in [0.1, 0.15) is 15.8 Å². The molecule has 10 nitrogen and oxygen atoms in total. The van der Waals surface area contributed by atoms with Crippen LogP contribution in [0.1, 0.15) is 46.5 Å². The Morgan fingerprint density at radius 2 is 2.00 bits per heavy atom. The van der Waals surface area contributed by atoms with Crippen LogP contribution >= 0.6 is 39.1 Å². The third-order valence-electron chi connectivity index (χ3n) is 6.80. The third-order valence-corrected chi connectivity index (χ3v) is 8.00. The monoisotopic (exact) mass is 603 g/mol. The number of nitrogens with zero attached hydrogens (tertiary/aromatic N) is 4. The summed E-state index contributed by atoms with van der Waals surface area (Å²) in [6.07, 6.45) is 5.61. The lowest BCUT2D eigenvalue weighted by Crippen LogP contribution is -2.39. The average molecular weight is 605 g/mol. The molecule has 37 heavy (non-hydrogen) atoms. The van der Waals surface area contributed by atoms with E-state index in [1.54, 1.807) is 18.2 Å². The Kier molecular flexibility index (Phi) is 5.89. The van der Waals surface area contributed by atoms with Gasteiger partial charge in [0.2, 0.25) is 5.88 Å². The van der Waals surface area contributed by atoms with Gasteiger partial charge in [0.05, 0.1) is 28.4 Å². The molecule has 0 unspecified atom stereocenters. The van der Waals surface area contributed by atoms with E-state index >= 15 is 0 Å². The Labute approximate surface area is 229 Å². The van der Waals surface area contributed by atoms with Gasteiger partial charge in [-0.3, -0.25) is 14.7 Å². The highest BCUT2D eigenvalue weighted by Gasteiger charge is 2.55. The molecule has 190 valence electrons. The van der Waals surface area contributed by atoms with Crippen LogP contribution < -0.4 is 15.4 Å². The summed E-state index contributed by atoms with van der Waals surface area (Å²) >= 11 is 16.4. The number of pyridine rings is 1. The zero-order chi connectivity index (χ0) is 25.9. The first-order valence-electron chi connectivity index (χ1n) is 11.6. The summed E-state index contributed by atoms with van der Waals surface area (Å²) in [5, 5.41) is 18.5. The normalized spacial score (nSPS) is 16.0. The molecule has 0 saturated heterocycles. The van der Waals surface area contributed by atoms with Crippen LogP contribution in [-0.4, -0.2) is 49.4 Å². The number of amides is 2. The maximum Gasteiger partial charge on any atom is 0.274 e.